The Labute approximate surface area is 163 Å². The molecule has 0 aliphatic heterocycles. The topological polar surface area (TPSA) is 64.6 Å². The van der Waals surface area contributed by atoms with Gasteiger partial charge in [-0.1, -0.05) is 35.9 Å². The van der Waals surface area contributed by atoms with Gasteiger partial charge in [-0.3, -0.25) is 4.79 Å². The summed E-state index contributed by atoms with van der Waals surface area (Å²) in [6.07, 6.45) is -0.923. The van der Waals surface area contributed by atoms with Crippen molar-refractivity contribution >= 4 is 17.6 Å². The number of para-hydroxylation sites is 1. The zero-order valence-corrected chi connectivity index (χ0v) is 15.7. The minimum atomic E-state index is -0.923. The molecule has 0 spiro atoms. The van der Waals surface area contributed by atoms with Crippen LogP contribution in [0.3, 0.4) is 0 Å². The highest BCUT2D eigenvalue weighted by atomic mass is 16.5. The summed E-state index contributed by atoms with van der Waals surface area (Å²) in [5.41, 5.74) is 1.95. The number of carbonyl (C=O) groups is 2. The zero-order chi connectivity index (χ0) is 19.9. The van der Waals surface area contributed by atoms with Crippen LogP contribution >= 0.6 is 0 Å². The molecule has 0 aliphatic rings. The standard InChI is InChI=1S/C23H21NO4/c1-16-7-6-8-18(15-16)23(26)27-17(2)22(25)24-19-11-13-21(14-12-19)28-20-9-4-3-5-10-20/h3-15,17H,1-2H3,(H,24,25). The second kappa shape index (κ2) is 8.86. The van der Waals surface area contributed by atoms with E-state index in [1.165, 1.54) is 6.92 Å². The van der Waals surface area contributed by atoms with Gasteiger partial charge in [-0.15, -0.1) is 0 Å². The molecule has 142 valence electrons. The highest BCUT2D eigenvalue weighted by Gasteiger charge is 2.19. The number of aryl methyl sites for hydroxylation is 1. The molecule has 1 amide bonds. The van der Waals surface area contributed by atoms with E-state index in [-0.39, 0.29) is 0 Å². The number of rotatable bonds is 6. The number of hydrogen-bond donors (Lipinski definition) is 1. The Hall–Kier alpha value is -3.60. The van der Waals surface area contributed by atoms with Crippen molar-refractivity contribution in [1.82, 2.24) is 0 Å². The van der Waals surface area contributed by atoms with Crippen molar-refractivity contribution in [3.05, 3.63) is 90.0 Å². The molecular formula is C23H21NO4. The van der Waals surface area contributed by atoms with Gasteiger partial charge in [0.15, 0.2) is 6.10 Å². The van der Waals surface area contributed by atoms with Gasteiger partial charge in [0, 0.05) is 5.69 Å². The fraction of sp³-hybridized carbons (Fsp3) is 0.130. The van der Waals surface area contributed by atoms with Gasteiger partial charge in [0.1, 0.15) is 11.5 Å². The van der Waals surface area contributed by atoms with Gasteiger partial charge < -0.3 is 14.8 Å². The Morgan fingerprint density at radius 3 is 2.21 bits per heavy atom. The van der Waals surface area contributed by atoms with Crippen LogP contribution in [0.4, 0.5) is 5.69 Å². The molecule has 0 aliphatic carbocycles. The van der Waals surface area contributed by atoms with Gasteiger partial charge in [0.05, 0.1) is 5.56 Å². The molecule has 0 heterocycles. The fourth-order valence-corrected chi connectivity index (χ4v) is 2.53. The summed E-state index contributed by atoms with van der Waals surface area (Å²) in [5, 5.41) is 2.73. The summed E-state index contributed by atoms with van der Waals surface area (Å²) in [6.45, 7) is 3.42. The van der Waals surface area contributed by atoms with Crippen molar-refractivity contribution in [2.24, 2.45) is 0 Å². The van der Waals surface area contributed by atoms with Crippen LogP contribution in [0.1, 0.15) is 22.8 Å². The van der Waals surface area contributed by atoms with Gasteiger partial charge in [0.25, 0.3) is 5.91 Å². The minimum Gasteiger partial charge on any atom is -0.457 e. The summed E-state index contributed by atoms with van der Waals surface area (Å²) in [6, 6.07) is 23.4. The van der Waals surface area contributed by atoms with Crippen molar-refractivity contribution < 1.29 is 19.1 Å². The lowest BCUT2D eigenvalue weighted by Crippen LogP contribution is -2.30. The smallest absolute Gasteiger partial charge is 0.338 e. The van der Waals surface area contributed by atoms with Gasteiger partial charge in [-0.25, -0.2) is 4.79 Å². The van der Waals surface area contributed by atoms with Crippen LogP contribution in [0.15, 0.2) is 78.9 Å². The van der Waals surface area contributed by atoms with Crippen molar-refractivity contribution in [3.63, 3.8) is 0 Å². The molecule has 0 bridgehead atoms. The lowest BCUT2D eigenvalue weighted by molar-refractivity contribution is -0.123. The SMILES string of the molecule is Cc1cccc(C(=O)OC(C)C(=O)Nc2ccc(Oc3ccccc3)cc2)c1. The third-order valence-electron chi connectivity index (χ3n) is 4.01. The molecule has 3 aromatic rings. The molecule has 3 aromatic carbocycles. The van der Waals surface area contributed by atoms with Gasteiger partial charge >= 0.3 is 5.97 Å². The average Bonchev–Trinajstić information content (AvgIpc) is 2.70. The van der Waals surface area contributed by atoms with Crippen LogP contribution in [-0.2, 0) is 9.53 Å². The molecule has 1 atom stereocenters. The summed E-state index contributed by atoms with van der Waals surface area (Å²) in [7, 11) is 0. The molecule has 0 saturated carbocycles. The number of amides is 1. The maximum atomic E-state index is 12.3. The lowest BCUT2D eigenvalue weighted by Gasteiger charge is -2.14. The van der Waals surface area contributed by atoms with E-state index in [2.05, 4.69) is 5.32 Å². The number of carbonyl (C=O) groups excluding carboxylic acids is 2. The van der Waals surface area contributed by atoms with Crippen LogP contribution in [0.2, 0.25) is 0 Å². The molecular weight excluding hydrogens is 354 g/mol. The average molecular weight is 375 g/mol. The first-order valence-electron chi connectivity index (χ1n) is 8.93. The van der Waals surface area contributed by atoms with E-state index in [1.54, 1.807) is 42.5 Å². The molecule has 28 heavy (non-hydrogen) atoms. The quantitative estimate of drug-likeness (QED) is 0.618. The monoisotopic (exact) mass is 375 g/mol. The number of benzene rings is 3. The maximum absolute atomic E-state index is 12.3. The second-order valence-corrected chi connectivity index (χ2v) is 6.35. The summed E-state index contributed by atoms with van der Waals surface area (Å²) >= 11 is 0. The van der Waals surface area contributed by atoms with Crippen molar-refractivity contribution in [2.45, 2.75) is 20.0 Å². The maximum Gasteiger partial charge on any atom is 0.338 e. The van der Waals surface area contributed by atoms with Crippen LogP contribution in [-0.4, -0.2) is 18.0 Å². The largest absolute Gasteiger partial charge is 0.457 e. The number of esters is 1. The first-order chi connectivity index (χ1) is 13.5. The fourth-order valence-electron chi connectivity index (χ4n) is 2.53. The van der Waals surface area contributed by atoms with Crippen LogP contribution in [0, 0.1) is 6.92 Å². The van der Waals surface area contributed by atoms with Gasteiger partial charge in [-0.2, -0.15) is 0 Å². The van der Waals surface area contributed by atoms with E-state index in [4.69, 9.17) is 9.47 Å². The molecule has 0 radical (unpaired) electrons. The van der Waals surface area contributed by atoms with Crippen LogP contribution in [0.5, 0.6) is 11.5 Å². The van der Waals surface area contributed by atoms with E-state index in [1.807, 2.05) is 43.3 Å². The number of anilines is 1. The third-order valence-corrected chi connectivity index (χ3v) is 4.01. The normalized spacial score (nSPS) is 11.4. The Balaban J connectivity index is 1.55. The number of hydrogen-bond acceptors (Lipinski definition) is 4. The Morgan fingerprint density at radius 1 is 0.857 bits per heavy atom. The van der Waals surface area contributed by atoms with E-state index in [0.29, 0.717) is 17.0 Å². The minimum absolute atomic E-state index is 0.405. The van der Waals surface area contributed by atoms with E-state index < -0.39 is 18.0 Å². The van der Waals surface area contributed by atoms with Gasteiger partial charge in [-0.05, 0) is 62.4 Å². The molecule has 1 unspecified atom stereocenters. The van der Waals surface area contributed by atoms with Crippen molar-refractivity contribution in [2.75, 3.05) is 5.32 Å². The van der Waals surface area contributed by atoms with E-state index >= 15 is 0 Å². The Kier molecular flexibility index (Phi) is 6.07. The highest BCUT2D eigenvalue weighted by molar-refractivity contribution is 5.97. The summed E-state index contributed by atoms with van der Waals surface area (Å²) in [4.78, 5) is 24.5. The van der Waals surface area contributed by atoms with Crippen molar-refractivity contribution in [3.8, 4) is 11.5 Å². The first kappa shape index (κ1) is 19.2. The summed E-state index contributed by atoms with van der Waals surface area (Å²) < 4.78 is 11.0. The predicted molar refractivity (Wildman–Crippen MR) is 108 cm³/mol. The Morgan fingerprint density at radius 2 is 1.54 bits per heavy atom. The van der Waals surface area contributed by atoms with Crippen LogP contribution < -0.4 is 10.1 Å². The predicted octanol–water partition coefficient (Wildman–Crippen LogP) is 4.97. The van der Waals surface area contributed by atoms with E-state index in [9.17, 15) is 9.59 Å². The molecule has 5 nitrogen and oxygen atoms in total. The second-order valence-electron chi connectivity index (χ2n) is 6.35. The third kappa shape index (κ3) is 5.20. The molecule has 5 heteroatoms. The number of nitrogens with one attached hydrogen (secondary N) is 1. The molecule has 0 fully saturated rings. The highest BCUT2D eigenvalue weighted by Crippen LogP contribution is 2.22. The van der Waals surface area contributed by atoms with Gasteiger partial charge in [0.2, 0.25) is 0 Å². The summed E-state index contributed by atoms with van der Waals surface area (Å²) in [5.74, 6) is 0.454. The zero-order valence-electron chi connectivity index (χ0n) is 15.7. The molecule has 1 N–H and O–H groups in total. The number of ether oxygens (including phenoxy) is 2. The molecule has 3 rings (SSSR count). The molecule has 0 saturated heterocycles. The first-order valence-corrected chi connectivity index (χ1v) is 8.93. The van der Waals surface area contributed by atoms with Crippen LogP contribution in [0.25, 0.3) is 0 Å². The lowest BCUT2D eigenvalue weighted by atomic mass is 10.1. The van der Waals surface area contributed by atoms with Crippen molar-refractivity contribution in [1.29, 1.82) is 0 Å². The molecule has 0 aromatic heterocycles. The Bertz CT molecular complexity index is 952. The van der Waals surface area contributed by atoms with E-state index in [0.717, 1.165) is 11.3 Å².